The Hall–Kier alpha value is -2.46. The van der Waals surface area contributed by atoms with Gasteiger partial charge in [0.2, 0.25) is 5.95 Å². The average molecular weight is 304 g/mol. The third kappa shape index (κ3) is 3.17. The normalized spacial score (nSPS) is 15.9. The first kappa shape index (κ1) is 14.2. The maximum Gasteiger partial charge on any atom is 0.226 e. The molecule has 2 aliphatic heterocycles. The van der Waals surface area contributed by atoms with Crippen molar-refractivity contribution in [3.8, 4) is 11.4 Å². The topological polar surface area (TPSA) is 32.3 Å². The number of piperazine rings is 1. The van der Waals surface area contributed by atoms with Crippen LogP contribution in [0.15, 0.2) is 60.7 Å². The number of hydrogen-bond acceptors (Lipinski definition) is 4. The first-order chi connectivity index (χ1) is 11.4. The second-order valence-corrected chi connectivity index (χ2v) is 5.95. The number of nitrogens with zero attached hydrogens (tertiary/aromatic N) is 4. The molecule has 0 saturated carbocycles. The number of anilines is 1. The first-order valence-corrected chi connectivity index (χ1v) is 8.12. The van der Waals surface area contributed by atoms with Crippen LogP contribution in [0.4, 0.5) is 5.95 Å². The van der Waals surface area contributed by atoms with E-state index in [0.717, 1.165) is 50.1 Å². The summed E-state index contributed by atoms with van der Waals surface area (Å²) in [6.45, 7) is 5.08. The summed E-state index contributed by atoms with van der Waals surface area (Å²) in [7, 11) is 0. The molecule has 1 fully saturated rings. The fraction of sp³-hybridized carbons (Fsp3) is 0.263. The summed E-state index contributed by atoms with van der Waals surface area (Å²) in [5.74, 6) is 0.866. The first-order valence-electron chi connectivity index (χ1n) is 8.12. The zero-order valence-corrected chi connectivity index (χ0v) is 13.1. The van der Waals surface area contributed by atoms with E-state index < -0.39 is 0 Å². The molecular weight excluding hydrogens is 284 g/mol. The lowest BCUT2D eigenvalue weighted by Crippen LogP contribution is -2.46. The highest BCUT2D eigenvalue weighted by molar-refractivity contribution is 5.60. The van der Waals surface area contributed by atoms with E-state index in [9.17, 15) is 0 Å². The van der Waals surface area contributed by atoms with Crippen LogP contribution in [0.1, 0.15) is 5.56 Å². The number of aromatic nitrogens is 2. The van der Waals surface area contributed by atoms with Crippen molar-refractivity contribution in [1.29, 1.82) is 0 Å². The Balaban J connectivity index is 1.42. The van der Waals surface area contributed by atoms with Crippen LogP contribution in [0.2, 0.25) is 0 Å². The summed E-state index contributed by atoms with van der Waals surface area (Å²) in [6.07, 6.45) is 0. The number of hydrogen-bond donors (Lipinski definition) is 0. The molecule has 2 heterocycles. The molecule has 3 aliphatic rings. The van der Waals surface area contributed by atoms with Crippen LogP contribution in [-0.2, 0) is 6.54 Å². The van der Waals surface area contributed by atoms with Crippen molar-refractivity contribution in [3.05, 3.63) is 66.2 Å². The third-order valence-electron chi connectivity index (χ3n) is 4.34. The second-order valence-electron chi connectivity index (χ2n) is 5.95. The number of fused-ring (bicyclic) bond motifs is 1. The molecule has 0 amide bonds. The van der Waals surface area contributed by atoms with Crippen LogP contribution in [0, 0.1) is 0 Å². The van der Waals surface area contributed by atoms with Gasteiger partial charge in [0.25, 0.3) is 0 Å². The Morgan fingerprint density at radius 1 is 0.696 bits per heavy atom. The molecule has 4 heteroatoms. The van der Waals surface area contributed by atoms with Gasteiger partial charge in [0, 0.05) is 32.7 Å². The van der Waals surface area contributed by atoms with Gasteiger partial charge in [-0.1, -0.05) is 48.5 Å². The minimum Gasteiger partial charge on any atom is -0.338 e. The Morgan fingerprint density at radius 2 is 1.26 bits per heavy atom. The fourth-order valence-corrected chi connectivity index (χ4v) is 3.05. The van der Waals surface area contributed by atoms with Crippen LogP contribution in [0.25, 0.3) is 11.4 Å². The quantitative estimate of drug-likeness (QED) is 0.745. The molecule has 1 aromatic rings. The van der Waals surface area contributed by atoms with Crippen molar-refractivity contribution in [2.75, 3.05) is 31.1 Å². The zero-order valence-electron chi connectivity index (χ0n) is 13.1. The van der Waals surface area contributed by atoms with Gasteiger partial charge in [-0.25, -0.2) is 9.97 Å². The lowest BCUT2D eigenvalue weighted by molar-refractivity contribution is 0.249. The predicted octanol–water partition coefficient (Wildman–Crippen LogP) is 2.90. The van der Waals surface area contributed by atoms with Crippen LogP contribution < -0.4 is 4.90 Å². The molecule has 1 saturated heterocycles. The molecule has 0 radical (unpaired) electrons. The average Bonchev–Trinajstić information content (AvgIpc) is 2.87. The number of imidazole rings is 1. The van der Waals surface area contributed by atoms with E-state index in [-0.39, 0.29) is 0 Å². The molecule has 4 rings (SSSR count). The van der Waals surface area contributed by atoms with E-state index in [2.05, 4.69) is 50.1 Å². The zero-order chi connectivity index (χ0) is 15.5. The van der Waals surface area contributed by atoms with Crippen LogP contribution >= 0.6 is 0 Å². The fourth-order valence-electron chi connectivity index (χ4n) is 3.05. The molecule has 116 valence electrons. The molecule has 1 aliphatic carbocycles. The summed E-state index contributed by atoms with van der Waals surface area (Å²) in [6, 6.07) is 20.7. The summed E-state index contributed by atoms with van der Waals surface area (Å²) in [5.41, 5.74) is 3.32. The molecule has 0 bridgehead atoms. The van der Waals surface area contributed by atoms with Crippen molar-refractivity contribution < 1.29 is 0 Å². The van der Waals surface area contributed by atoms with Crippen LogP contribution in [-0.4, -0.2) is 41.0 Å². The molecule has 4 nitrogen and oxygen atoms in total. The monoisotopic (exact) mass is 304 g/mol. The van der Waals surface area contributed by atoms with E-state index in [0.29, 0.717) is 0 Å². The van der Waals surface area contributed by atoms with Crippen LogP contribution in [0.3, 0.4) is 0 Å². The van der Waals surface area contributed by atoms with Gasteiger partial charge in [-0.05, 0) is 17.7 Å². The van der Waals surface area contributed by atoms with Crippen molar-refractivity contribution in [3.63, 3.8) is 0 Å². The van der Waals surface area contributed by atoms with Gasteiger partial charge in [-0.3, -0.25) is 4.90 Å². The Morgan fingerprint density at radius 3 is 1.87 bits per heavy atom. The largest absolute Gasteiger partial charge is 0.338 e. The van der Waals surface area contributed by atoms with E-state index in [1.54, 1.807) is 0 Å². The lowest BCUT2D eigenvalue weighted by atomic mass is 10.2. The highest BCUT2D eigenvalue weighted by Crippen LogP contribution is 2.22. The van der Waals surface area contributed by atoms with Crippen molar-refractivity contribution in [1.82, 2.24) is 14.9 Å². The molecule has 0 unspecified atom stereocenters. The minimum absolute atomic E-state index is 0.866. The smallest absolute Gasteiger partial charge is 0.226 e. The molecule has 1 aromatic carbocycles. The van der Waals surface area contributed by atoms with Crippen LogP contribution in [0.5, 0.6) is 0 Å². The van der Waals surface area contributed by atoms with Gasteiger partial charge in [-0.15, -0.1) is 0 Å². The van der Waals surface area contributed by atoms with Gasteiger partial charge >= 0.3 is 0 Å². The number of rotatable bonds is 3. The maximum atomic E-state index is 4.68. The lowest BCUT2D eigenvalue weighted by Gasteiger charge is -2.34. The number of benzene rings is 1. The van der Waals surface area contributed by atoms with E-state index in [4.69, 9.17) is 0 Å². The van der Waals surface area contributed by atoms with Gasteiger partial charge in [0.1, 0.15) is 0 Å². The maximum absolute atomic E-state index is 4.68. The highest BCUT2D eigenvalue weighted by Gasteiger charge is 2.21. The molecule has 23 heavy (non-hydrogen) atoms. The van der Waals surface area contributed by atoms with E-state index >= 15 is 0 Å². The third-order valence-corrected chi connectivity index (χ3v) is 4.34. The molecular formula is C19H20N4. The standard InChI is InChI=1S/C19H20N4/c1-3-7-16(8-4-1)15-22-11-13-23(14-12-22)19-20-17-9-5-2-6-10-18(17)21-19/h1-10H,11-15H2. The Bertz CT molecular complexity index is 705. The molecule has 0 N–H and O–H groups in total. The molecule has 0 spiro atoms. The molecule has 0 atom stereocenters. The molecule has 0 aromatic heterocycles. The van der Waals surface area contributed by atoms with E-state index in [1.165, 1.54) is 5.56 Å². The van der Waals surface area contributed by atoms with E-state index in [1.807, 2.05) is 30.3 Å². The Labute approximate surface area is 136 Å². The van der Waals surface area contributed by atoms with Gasteiger partial charge in [-0.2, -0.15) is 0 Å². The Kier molecular flexibility index (Phi) is 3.90. The van der Waals surface area contributed by atoms with Gasteiger partial charge in [0.15, 0.2) is 0 Å². The van der Waals surface area contributed by atoms with Crippen molar-refractivity contribution in [2.24, 2.45) is 0 Å². The predicted molar refractivity (Wildman–Crippen MR) is 92.6 cm³/mol. The summed E-state index contributed by atoms with van der Waals surface area (Å²) in [4.78, 5) is 14.2. The summed E-state index contributed by atoms with van der Waals surface area (Å²) < 4.78 is 0. The van der Waals surface area contributed by atoms with Gasteiger partial charge < -0.3 is 4.90 Å². The van der Waals surface area contributed by atoms with Gasteiger partial charge in [0.05, 0.1) is 11.4 Å². The minimum atomic E-state index is 0.866. The SMILES string of the molecule is c1ccc(CN2CCN(c3nc4cccccc-4n3)CC2)cc1. The van der Waals surface area contributed by atoms with Crippen molar-refractivity contribution in [2.45, 2.75) is 6.54 Å². The highest BCUT2D eigenvalue weighted by atomic mass is 15.3. The van der Waals surface area contributed by atoms with Crippen molar-refractivity contribution >= 4 is 5.95 Å². The summed E-state index contributed by atoms with van der Waals surface area (Å²) in [5, 5.41) is 0. The summed E-state index contributed by atoms with van der Waals surface area (Å²) >= 11 is 0. The second kappa shape index (κ2) is 6.34.